The van der Waals surface area contributed by atoms with Crippen molar-refractivity contribution in [3.05, 3.63) is 29.8 Å². The molecule has 1 aliphatic rings. The fraction of sp³-hybridized carbons (Fsp3) is 0.667. The Bertz CT molecular complexity index is 404. The highest BCUT2D eigenvalue weighted by molar-refractivity contribution is 5.36. The van der Waals surface area contributed by atoms with E-state index in [-0.39, 0.29) is 12.1 Å². The molecular formula is C18H29NO. The van der Waals surface area contributed by atoms with Crippen LogP contribution in [-0.4, -0.2) is 12.1 Å². The van der Waals surface area contributed by atoms with Crippen molar-refractivity contribution >= 4 is 0 Å². The van der Waals surface area contributed by atoms with E-state index in [4.69, 9.17) is 10.5 Å². The van der Waals surface area contributed by atoms with E-state index in [1.807, 2.05) is 0 Å². The predicted molar refractivity (Wildman–Crippen MR) is 85.2 cm³/mol. The maximum Gasteiger partial charge on any atom is 0.123 e. The number of para-hydroxylation sites is 1. The van der Waals surface area contributed by atoms with E-state index in [0.29, 0.717) is 5.92 Å². The standard InChI is InChI=1S/C18H29NO/c1-3-14(2)15-10-8-9-12-17(15)20-18-13-7-5-4-6-11-16(18)19/h8-10,12,14,16,18H,3-7,11,13,19H2,1-2H3. The van der Waals surface area contributed by atoms with Crippen LogP contribution in [0.2, 0.25) is 0 Å². The molecule has 2 heteroatoms. The van der Waals surface area contributed by atoms with Crippen LogP contribution < -0.4 is 10.5 Å². The van der Waals surface area contributed by atoms with Crippen molar-refractivity contribution in [2.45, 2.75) is 76.9 Å². The minimum absolute atomic E-state index is 0.181. The lowest BCUT2D eigenvalue weighted by molar-refractivity contribution is 0.143. The first-order valence-corrected chi connectivity index (χ1v) is 8.23. The van der Waals surface area contributed by atoms with Crippen molar-refractivity contribution in [1.29, 1.82) is 0 Å². The second-order valence-electron chi connectivity index (χ2n) is 6.16. The van der Waals surface area contributed by atoms with E-state index < -0.39 is 0 Å². The molecule has 0 bridgehead atoms. The van der Waals surface area contributed by atoms with Crippen molar-refractivity contribution in [3.63, 3.8) is 0 Å². The van der Waals surface area contributed by atoms with Gasteiger partial charge in [-0.2, -0.15) is 0 Å². The van der Waals surface area contributed by atoms with E-state index >= 15 is 0 Å². The van der Waals surface area contributed by atoms with Gasteiger partial charge in [-0.1, -0.05) is 51.3 Å². The summed E-state index contributed by atoms with van der Waals surface area (Å²) in [6.45, 7) is 4.49. The molecule has 0 saturated heterocycles. The zero-order valence-electron chi connectivity index (χ0n) is 13.0. The van der Waals surface area contributed by atoms with Crippen LogP contribution >= 0.6 is 0 Å². The summed E-state index contributed by atoms with van der Waals surface area (Å²) in [6.07, 6.45) is 8.63. The Hall–Kier alpha value is -1.02. The third-order valence-electron chi connectivity index (χ3n) is 4.59. The number of ether oxygens (including phenoxy) is 1. The summed E-state index contributed by atoms with van der Waals surface area (Å²) in [7, 11) is 0. The molecule has 1 aromatic carbocycles. The molecule has 112 valence electrons. The van der Waals surface area contributed by atoms with Gasteiger partial charge in [0, 0.05) is 6.04 Å². The number of nitrogens with two attached hydrogens (primary N) is 1. The first kappa shape index (κ1) is 15.4. The fourth-order valence-corrected chi connectivity index (χ4v) is 3.00. The Labute approximate surface area is 123 Å². The van der Waals surface area contributed by atoms with Crippen molar-refractivity contribution in [2.75, 3.05) is 0 Å². The van der Waals surface area contributed by atoms with Crippen molar-refractivity contribution in [2.24, 2.45) is 5.73 Å². The van der Waals surface area contributed by atoms with Crippen LogP contribution in [0.15, 0.2) is 24.3 Å². The quantitative estimate of drug-likeness (QED) is 0.869. The first-order valence-electron chi connectivity index (χ1n) is 8.23. The highest BCUT2D eigenvalue weighted by atomic mass is 16.5. The highest BCUT2D eigenvalue weighted by Gasteiger charge is 2.22. The largest absolute Gasteiger partial charge is 0.489 e. The predicted octanol–water partition coefficient (Wildman–Crippen LogP) is 4.63. The third-order valence-corrected chi connectivity index (χ3v) is 4.59. The number of benzene rings is 1. The summed E-state index contributed by atoms with van der Waals surface area (Å²) in [4.78, 5) is 0. The molecule has 0 aliphatic heterocycles. The van der Waals surface area contributed by atoms with Gasteiger partial charge in [0.2, 0.25) is 0 Å². The second-order valence-corrected chi connectivity index (χ2v) is 6.16. The van der Waals surface area contributed by atoms with E-state index in [9.17, 15) is 0 Å². The monoisotopic (exact) mass is 275 g/mol. The number of hydrogen-bond donors (Lipinski definition) is 1. The number of hydrogen-bond acceptors (Lipinski definition) is 2. The third kappa shape index (κ3) is 3.99. The molecule has 3 unspecified atom stereocenters. The van der Waals surface area contributed by atoms with Gasteiger partial charge in [0.05, 0.1) is 0 Å². The van der Waals surface area contributed by atoms with Crippen molar-refractivity contribution in [1.82, 2.24) is 0 Å². The molecule has 3 atom stereocenters. The average Bonchev–Trinajstić information content (AvgIpc) is 2.46. The summed E-state index contributed by atoms with van der Waals surface area (Å²) in [5, 5.41) is 0. The normalized spacial score (nSPS) is 25.6. The van der Waals surface area contributed by atoms with Crippen molar-refractivity contribution in [3.8, 4) is 5.75 Å². The fourth-order valence-electron chi connectivity index (χ4n) is 3.00. The summed E-state index contributed by atoms with van der Waals surface area (Å²) in [5.41, 5.74) is 7.65. The summed E-state index contributed by atoms with van der Waals surface area (Å²) in [5.74, 6) is 1.58. The van der Waals surface area contributed by atoms with Gasteiger partial charge in [0.1, 0.15) is 11.9 Å². The minimum atomic E-state index is 0.181. The Morgan fingerprint density at radius 2 is 1.85 bits per heavy atom. The molecule has 20 heavy (non-hydrogen) atoms. The van der Waals surface area contributed by atoms with Gasteiger partial charge in [0.25, 0.3) is 0 Å². The van der Waals surface area contributed by atoms with Gasteiger partial charge in [0.15, 0.2) is 0 Å². The van der Waals surface area contributed by atoms with Gasteiger partial charge in [-0.3, -0.25) is 0 Å². The zero-order chi connectivity index (χ0) is 14.4. The topological polar surface area (TPSA) is 35.2 Å². The first-order chi connectivity index (χ1) is 9.72. The van der Waals surface area contributed by atoms with Crippen LogP contribution in [0.25, 0.3) is 0 Å². The van der Waals surface area contributed by atoms with Crippen LogP contribution in [0.3, 0.4) is 0 Å². The Kier molecular flexibility index (Phi) is 5.90. The van der Waals surface area contributed by atoms with Crippen molar-refractivity contribution < 1.29 is 4.74 Å². The molecule has 0 amide bonds. The van der Waals surface area contributed by atoms with Gasteiger partial charge in [-0.05, 0) is 43.2 Å². The number of rotatable bonds is 4. The smallest absolute Gasteiger partial charge is 0.123 e. The molecule has 2 N–H and O–H groups in total. The van der Waals surface area contributed by atoms with Gasteiger partial charge in [-0.15, -0.1) is 0 Å². The zero-order valence-corrected chi connectivity index (χ0v) is 13.0. The molecule has 2 rings (SSSR count). The second kappa shape index (κ2) is 7.68. The van der Waals surface area contributed by atoms with Gasteiger partial charge in [-0.25, -0.2) is 0 Å². The molecule has 1 fully saturated rings. The summed E-state index contributed by atoms with van der Waals surface area (Å²) < 4.78 is 6.33. The summed E-state index contributed by atoms with van der Waals surface area (Å²) >= 11 is 0. The van der Waals surface area contributed by atoms with E-state index in [2.05, 4.69) is 38.1 Å². The van der Waals surface area contributed by atoms with Crippen LogP contribution in [0, 0.1) is 0 Å². The summed E-state index contributed by atoms with van der Waals surface area (Å²) in [6, 6.07) is 8.65. The van der Waals surface area contributed by atoms with E-state index in [0.717, 1.165) is 25.0 Å². The maximum absolute atomic E-state index is 6.33. The highest BCUT2D eigenvalue weighted by Crippen LogP contribution is 2.31. The maximum atomic E-state index is 6.33. The Balaban J connectivity index is 2.11. The van der Waals surface area contributed by atoms with Crippen LogP contribution in [0.5, 0.6) is 5.75 Å². The lowest BCUT2D eigenvalue weighted by Gasteiger charge is -2.28. The molecule has 0 aromatic heterocycles. The molecule has 0 heterocycles. The van der Waals surface area contributed by atoms with E-state index in [1.54, 1.807) is 0 Å². The van der Waals surface area contributed by atoms with Crippen LogP contribution in [0.1, 0.15) is 70.3 Å². The molecule has 1 saturated carbocycles. The molecule has 2 nitrogen and oxygen atoms in total. The Morgan fingerprint density at radius 3 is 2.60 bits per heavy atom. The van der Waals surface area contributed by atoms with Crippen LogP contribution in [-0.2, 0) is 0 Å². The molecular weight excluding hydrogens is 246 g/mol. The van der Waals surface area contributed by atoms with Gasteiger partial charge >= 0.3 is 0 Å². The SMILES string of the molecule is CCC(C)c1ccccc1OC1CCCCCCC1N. The Morgan fingerprint density at radius 1 is 1.15 bits per heavy atom. The molecule has 0 radical (unpaired) electrons. The lowest BCUT2D eigenvalue weighted by atomic mass is 9.94. The molecule has 1 aliphatic carbocycles. The average molecular weight is 275 g/mol. The van der Waals surface area contributed by atoms with Gasteiger partial charge < -0.3 is 10.5 Å². The van der Waals surface area contributed by atoms with Crippen LogP contribution in [0.4, 0.5) is 0 Å². The minimum Gasteiger partial charge on any atom is -0.489 e. The lowest BCUT2D eigenvalue weighted by Crippen LogP contribution is -2.39. The van der Waals surface area contributed by atoms with E-state index in [1.165, 1.54) is 31.2 Å². The molecule has 0 spiro atoms. The molecule has 1 aromatic rings.